The summed E-state index contributed by atoms with van der Waals surface area (Å²) in [4.78, 5) is 14.4. The van der Waals surface area contributed by atoms with Crippen LogP contribution in [0.1, 0.15) is 22.8 Å². The molecule has 1 unspecified atom stereocenters. The predicted molar refractivity (Wildman–Crippen MR) is 85.9 cm³/mol. The molecule has 1 atom stereocenters. The van der Waals surface area contributed by atoms with Crippen LogP contribution in [0.2, 0.25) is 5.02 Å². The number of carbonyl (C=O) groups is 1. The number of rotatable bonds is 2. The van der Waals surface area contributed by atoms with Gasteiger partial charge in [0, 0.05) is 29.8 Å². The summed E-state index contributed by atoms with van der Waals surface area (Å²) in [6, 6.07) is 15.7. The SMILES string of the molecule is CC1CN(Cc2ccc(Cl)cc2)c2ccccc2C(=O)N1. The minimum absolute atomic E-state index is 0.00305. The molecule has 0 radical (unpaired) electrons. The molecule has 1 amide bonds. The molecule has 4 heteroatoms. The van der Waals surface area contributed by atoms with Crippen LogP contribution in [-0.4, -0.2) is 18.5 Å². The molecule has 0 saturated heterocycles. The van der Waals surface area contributed by atoms with E-state index >= 15 is 0 Å². The van der Waals surface area contributed by atoms with Crippen molar-refractivity contribution in [2.75, 3.05) is 11.4 Å². The first-order valence-corrected chi connectivity index (χ1v) is 7.40. The molecular formula is C17H17ClN2O. The van der Waals surface area contributed by atoms with E-state index in [-0.39, 0.29) is 11.9 Å². The lowest BCUT2D eigenvalue weighted by Gasteiger charge is -2.26. The van der Waals surface area contributed by atoms with Crippen molar-refractivity contribution in [1.29, 1.82) is 0 Å². The van der Waals surface area contributed by atoms with Crippen molar-refractivity contribution in [1.82, 2.24) is 5.32 Å². The topological polar surface area (TPSA) is 32.3 Å². The average Bonchev–Trinajstić information content (AvgIpc) is 2.59. The molecule has 3 nitrogen and oxygen atoms in total. The maximum absolute atomic E-state index is 12.2. The van der Waals surface area contributed by atoms with Crippen LogP contribution in [0, 0.1) is 0 Å². The molecule has 3 rings (SSSR count). The van der Waals surface area contributed by atoms with Crippen molar-refractivity contribution in [3.63, 3.8) is 0 Å². The Hall–Kier alpha value is -2.00. The van der Waals surface area contributed by atoms with Crippen LogP contribution in [-0.2, 0) is 6.54 Å². The minimum atomic E-state index is -0.00305. The summed E-state index contributed by atoms with van der Waals surface area (Å²) in [5.74, 6) is -0.00305. The summed E-state index contributed by atoms with van der Waals surface area (Å²) in [5.41, 5.74) is 2.89. The number of nitrogens with zero attached hydrogens (tertiary/aromatic N) is 1. The van der Waals surface area contributed by atoms with Gasteiger partial charge in [0.15, 0.2) is 0 Å². The number of nitrogens with one attached hydrogen (secondary N) is 1. The van der Waals surface area contributed by atoms with E-state index in [1.54, 1.807) is 0 Å². The van der Waals surface area contributed by atoms with E-state index in [9.17, 15) is 4.79 Å². The van der Waals surface area contributed by atoms with Gasteiger partial charge in [0.25, 0.3) is 5.91 Å². The number of para-hydroxylation sites is 1. The number of hydrogen-bond donors (Lipinski definition) is 1. The van der Waals surface area contributed by atoms with Gasteiger partial charge in [-0.15, -0.1) is 0 Å². The Bertz CT molecular complexity index is 654. The average molecular weight is 301 g/mol. The normalized spacial score (nSPS) is 17.9. The molecule has 0 bridgehead atoms. The van der Waals surface area contributed by atoms with Crippen LogP contribution in [0.15, 0.2) is 48.5 Å². The fourth-order valence-corrected chi connectivity index (χ4v) is 2.80. The quantitative estimate of drug-likeness (QED) is 0.921. The highest BCUT2D eigenvalue weighted by atomic mass is 35.5. The van der Waals surface area contributed by atoms with Crippen molar-refractivity contribution in [3.8, 4) is 0 Å². The second-order valence-corrected chi connectivity index (χ2v) is 5.84. The Kier molecular flexibility index (Phi) is 3.84. The third-order valence-electron chi connectivity index (χ3n) is 3.65. The Labute approximate surface area is 129 Å². The number of anilines is 1. The van der Waals surface area contributed by atoms with E-state index in [0.29, 0.717) is 0 Å². The second-order valence-electron chi connectivity index (χ2n) is 5.40. The van der Waals surface area contributed by atoms with E-state index < -0.39 is 0 Å². The Balaban J connectivity index is 1.94. The monoisotopic (exact) mass is 300 g/mol. The van der Waals surface area contributed by atoms with Gasteiger partial charge < -0.3 is 10.2 Å². The van der Waals surface area contributed by atoms with Gasteiger partial charge in [0.2, 0.25) is 0 Å². The number of carbonyl (C=O) groups excluding carboxylic acids is 1. The zero-order valence-corrected chi connectivity index (χ0v) is 12.6. The standard InChI is InChI=1S/C17H17ClN2O/c1-12-10-20(11-13-6-8-14(18)9-7-13)16-5-3-2-4-15(16)17(21)19-12/h2-9,12H,10-11H2,1H3,(H,19,21). The summed E-state index contributed by atoms with van der Waals surface area (Å²) in [7, 11) is 0. The van der Waals surface area contributed by atoms with Crippen molar-refractivity contribution in [3.05, 3.63) is 64.7 Å². The molecule has 1 heterocycles. The van der Waals surface area contributed by atoms with E-state index in [1.165, 1.54) is 5.56 Å². The molecule has 0 fully saturated rings. The van der Waals surface area contributed by atoms with Crippen LogP contribution in [0.3, 0.4) is 0 Å². The highest BCUT2D eigenvalue weighted by Crippen LogP contribution is 2.25. The lowest BCUT2D eigenvalue weighted by molar-refractivity contribution is 0.0945. The van der Waals surface area contributed by atoms with Crippen molar-refractivity contribution in [2.45, 2.75) is 19.5 Å². The number of hydrogen-bond acceptors (Lipinski definition) is 2. The second kappa shape index (κ2) is 5.78. The fraction of sp³-hybridized carbons (Fsp3) is 0.235. The molecule has 0 aliphatic carbocycles. The maximum Gasteiger partial charge on any atom is 0.253 e. The molecule has 0 saturated carbocycles. The van der Waals surface area contributed by atoms with E-state index in [2.05, 4.69) is 10.2 Å². The van der Waals surface area contributed by atoms with Crippen LogP contribution in [0.25, 0.3) is 0 Å². The summed E-state index contributed by atoms with van der Waals surface area (Å²) < 4.78 is 0. The smallest absolute Gasteiger partial charge is 0.253 e. The van der Waals surface area contributed by atoms with E-state index in [1.807, 2.05) is 55.5 Å². The first-order chi connectivity index (χ1) is 10.1. The molecule has 2 aromatic rings. The van der Waals surface area contributed by atoms with Gasteiger partial charge in [-0.1, -0.05) is 35.9 Å². The molecule has 108 valence electrons. The lowest BCUT2D eigenvalue weighted by atomic mass is 10.1. The largest absolute Gasteiger partial charge is 0.365 e. The molecule has 1 N–H and O–H groups in total. The third-order valence-corrected chi connectivity index (χ3v) is 3.90. The highest BCUT2D eigenvalue weighted by molar-refractivity contribution is 6.30. The Morgan fingerprint density at radius 1 is 1.19 bits per heavy atom. The van der Waals surface area contributed by atoms with Crippen LogP contribution < -0.4 is 10.2 Å². The zero-order chi connectivity index (χ0) is 14.8. The van der Waals surface area contributed by atoms with Crippen molar-refractivity contribution >= 4 is 23.2 Å². The lowest BCUT2D eigenvalue weighted by Crippen LogP contribution is -2.38. The van der Waals surface area contributed by atoms with Crippen LogP contribution in [0.4, 0.5) is 5.69 Å². The van der Waals surface area contributed by atoms with Crippen LogP contribution >= 0.6 is 11.6 Å². The third kappa shape index (κ3) is 3.03. The molecule has 0 spiro atoms. The van der Waals surface area contributed by atoms with Gasteiger partial charge in [-0.3, -0.25) is 4.79 Å². The first-order valence-electron chi connectivity index (χ1n) is 7.03. The van der Waals surface area contributed by atoms with Crippen LogP contribution in [0.5, 0.6) is 0 Å². The molecule has 2 aromatic carbocycles. The number of fused-ring (bicyclic) bond motifs is 1. The summed E-state index contributed by atoms with van der Waals surface area (Å²) in [5, 5.41) is 3.76. The molecule has 21 heavy (non-hydrogen) atoms. The maximum atomic E-state index is 12.2. The van der Waals surface area contributed by atoms with Gasteiger partial charge in [-0.25, -0.2) is 0 Å². The van der Waals surface area contributed by atoms with Crippen molar-refractivity contribution in [2.24, 2.45) is 0 Å². The number of amides is 1. The number of benzene rings is 2. The van der Waals surface area contributed by atoms with Crippen molar-refractivity contribution < 1.29 is 4.79 Å². The summed E-state index contributed by atoms with van der Waals surface area (Å²) in [6.07, 6.45) is 0. The summed E-state index contributed by atoms with van der Waals surface area (Å²) >= 11 is 5.94. The van der Waals surface area contributed by atoms with Gasteiger partial charge in [0.1, 0.15) is 0 Å². The molecule has 0 aromatic heterocycles. The van der Waals surface area contributed by atoms with Gasteiger partial charge in [-0.05, 0) is 36.8 Å². The minimum Gasteiger partial charge on any atom is -0.365 e. The van der Waals surface area contributed by atoms with E-state index in [4.69, 9.17) is 11.6 Å². The molecule has 1 aliphatic heterocycles. The zero-order valence-electron chi connectivity index (χ0n) is 11.8. The van der Waals surface area contributed by atoms with Gasteiger partial charge >= 0.3 is 0 Å². The first kappa shape index (κ1) is 14.0. The van der Waals surface area contributed by atoms with E-state index in [0.717, 1.165) is 29.4 Å². The van der Waals surface area contributed by atoms with Gasteiger partial charge in [-0.2, -0.15) is 0 Å². The predicted octanol–water partition coefficient (Wildman–Crippen LogP) is 3.48. The Morgan fingerprint density at radius 2 is 1.90 bits per heavy atom. The molecule has 1 aliphatic rings. The van der Waals surface area contributed by atoms with Gasteiger partial charge in [0.05, 0.1) is 5.56 Å². The summed E-state index contributed by atoms with van der Waals surface area (Å²) in [6.45, 7) is 3.57. The molecular weight excluding hydrogens is 284 g/mol. The Morgan fingerprint density at radius 3 is 2.67 bits per heavy atom. The number of halogens is 1. The fourth-order valence-electron chi connectivity index (χ4n) is 2.68. The highest BCUT2D eigenvalue weighted by Gasteiger charge is 2.23.